The zero-order valence-corrected chi connectivity index (χ0v) is 23.5. The Morgan fingerprint density at radius 3 is 2.31 bits per heavy atom. The highest BCUT2D eigenvalue weighted by atomic mass is 32.2. The SMILES string of the molecule is CCS(=O)(=O)c1ccc(CC(=O)Nc2ccc(N3CC(c4ccc(C(F)(F)F)cc4)CC[C@H]3COC(F)F)nc2)cc1. The van der Waals surface area contributed by atoms with Crippen LogP contribution in [0.5, 0.6) is 0 Å². The molecule has 0 radical (unpaired) electrons. The van der Waals surface area contributed by atoms with E-state index in [2.05, 4.69) is 15.0 Å². The van der Waals surface area contributed by atoms with Crippen LogP contribution in [-0.4, -0.2) is 50.9 Å². The number of carbonyl (C=O) groups is 1. The van der Waals surface area contributed by atoms with Gasteiger partial charge < -0.3 is 15.0 Å². The van der Waals surface area contributed by atoms with E-state index in [0.717, 1.165) is 12.1 Å². The van der Waals surface area contributed by atoms with Crippen LogP contribution in [0, 0.1) is 0 Å². The molecule has 0 bridgehead atoms. The van der Waals surface area contributed by atoms with Crippen molar-refractivity contribution in [2.24, 2.45) is 0 Å². The Hall–Kier alpha value is -3.58. The number of amides is 1. The minimum absolute atomic E-state index is 0.00216. The Morgan fingerprint density at radius 1 is 1.05 bits per heavy atom. The molecule has 2 aromatic carbocycles. The van der Waals surface area contributed by atoms with Crippen molar-refractivity contribution in [3.63, 3.8) is 0 Å². The second kappa shape index (κ2) is 13.2. The first kappa shape index (κ1) is 31.4. The van der Waals surface area contributed by atoms with Crippen LogP contribution in [0.3, 0.4) is 0 Å². The molecule has 13 heteroatoms. The molecule has 2 atom stereocenters. The van der Waals surface area contributed by atoms with Gasteiger partial charge in [-0.15, -0.1) is 0 Å². The highest BCUT2D eigenvalue weighted by Crippen LogP contribution is 2.35. The van der Waals surface area contributed by atoms with E-state index >= 15 is 0 Å². The molecule has 42 heavy (non-hydrogen) atoms. The number of pyridine rings is 1. The topological polar surface area (TPSA) is 88.6 Å². The van der Waals surface area contributed by atoms with Gasteiger partial charge in [0.2, 0.25) is 5.91 Å². The molecule has 0 aliphatic carbocycles. The Kier molecular flexibility index (Phi) is 9.82. The van der Waals surface area contributed by atoms with Gasteiger partial charge in [0.15, 0.2) is 9.84 Å². The molecule has 1 aromatic heterocycles. The van der Waals surface area contributed by atoms with Crippen molar-refractivity contribution in [2.75, 3.05) is 29.1 Å². The van der Waals surface area contributed by atoms with Gasteiger partial charge in [0.05, 0.1) is 47.2 Å². The summed E-state index contributed by atoms with van der Waals surface area (Å²) < 4.78 is 93.1. The Labute approximate surface area is 240 Å². The molecule has 1 N–H and O–H groups in total. The number of anilines is 2. The molecule has 1 aliphatic rings. The third-order valence-corrected chi connectivity index (χ3v) is 8.93. The minimum atomic E-state index is -4.45. The van der Waals surface area contributed by atoms with E-state index in [0.29, 0.717) is 42.0 Å². The lowest BCUT2D eigenvalue weighted by Gasteiger charge is -2.40. The van der Waals surface area contributed by atoms with Gasteiger partial charge in [-0.05, 0) is 60.4 Å². The van der Waals surface area contributed by atoms with Crippen LogP contribution in [0.15, 0.2) is 71.8 Å². The van der Waals surface area contributed by atoms with Crippen LogP contribution in [0.2, 0.25) is 0 Å². The van der Waals surface area contributed by atoms with Crippen molar-refractivity contribution in [3.8, 4) is 0 Å². The number of ether oxygens (including phenoxy) is 1. The molecule has 3 aromatic rings. The van der Waals surface area contributed by atoms with Gasteiger partial charge in [-0.25, -0.2) is 13.4 Å². The normalized spacial score (nSPS) is 17.8. The van der Waals surface area contributed by atoms with E-state index < -0.39 is 34.2 Å². The zero-order valence-electron chi connectivity index (χ0n) is 22.7. The summed E-state index contributed by atoms with van der Waals surface area (Å²) in [7, 11) is -3.34. The Bertz CT molecular complexity index is 1450. The summed E-state index contributed by atoms with van der Waals surface area (Å²) in [6, 6.07) is 13.8. The van der Waals surface area contributed by atoms with Crippen LogP contribution in [0.4, 0.5) is 33.5 Å². The maximum atomic E-state index is 13.0. The summed E-state index contributed by atoms with van der Waals surface area (Å²) in [6.07, 6.45) is -1.99. The summed E-state index contributed by atoms with van der Waals surface area (Å²) in [5, 5.41) is 2.73. The van der Waals surface area contributed by atoms with Crippen molar-refractivity contribution in [1.82, 2.24) is 4.98 Å². The van der Waals surface area contributed by atoms with E-state index in [-0.39, 0.29) is 35.5 Å². The third kappa shape index (κ3) is 8.03. The number of halogens is 5. The average Bonchev–Trinajstić information content (AvgIpc) is 2.96. The van der Waals surface area contributed by atoms with E-state index in [1.807, 2.05) is 0 Å². The second-order valence-electron chi connectivity index (χ2n) is 9.97. The molecule has 1 amide bonds. The summed E-state index contributed by atoms with van der Waals surface area (Å²) in [5.41, 5.74) is 0.968. The summed E-state index contributed by atoms with van der Waals surface area (Å²) >= 11 is 0. The van der Waals surface area contributed by atoms with Gasteiger partial charge in [0, 0.05) is 12.5 Å². The quantitative estimate of drug-likeness (QED) is 0.280. The van der Waals surface area contributed by atoms with Gasteiger partial charge in [-0.3, -0.25) is 4.79 Å². The van der Waals surface area contributed by atoms with E-state index in [4.69, 9.17) is 0 Å². The molecule has 1 fully saturated rings. The van der Waals surface area contributed by atoms with Crippen molar-refractivity contribution >= 4 is 27.2 Å². The van der Waals surface area contributed by atoms with Gasteiger partial charge in [-0.2, -0.15) is 22.0 Å². The molecule has 1 unspecified atom stereocenters. The van der Waals surface area contributed by atoms with E-state index in [9.17, 15) is 35.2 Å². The number of aromatic nitrogens is 1. The monoisotopic (exact) mass is 611 g/mol. The first-order valence-corrected chi connectivity index (χ1v) is 14.9. The number of nitrogens with zero attached hydrogens (tertiary/aromatic N) is 2. The predicted octanol–water partition coefficient (Wildman–Crippen LogP) is 6.07. The van der Waals surface area contributed by atoms with Crippen LogP contribution in [0.25, 0.3) is 0 Å². The highest BCUT2D eigenvalue weighted by molar-refractivity contribution is 7.91. The fraction of sp³-hybridized carbons (Fsp3) is 0.379. The highest BCUT2D eigenvalue weighted by Gasteiger charge is 2.33. The fourth-order valence-electron chi connectivity index (χ4n) is 4.88. The molecule has 0 saturated carbocycles. The van der Waals surface area contributed by atoms with E-state index in [1.165, 1.54) is 30.5 Å². The van der Waals surface area contributed by atoms with Crippen molar-refractivity contribution < 1.29 is 39.9 Å². The van der Waals surface area contributed by atoms with Crippen molar-refractivity contribution in [3.05, 3.63) is 83.6 Å². The Balaban J connectivity index is 1.44. The zero-order chi connectivity index (χ0) is 30.5. The first-order valence-electron chi connectivity index (χ1n) is 13.3. The number of hydrogen-bond donors (Lipinski definition) is 1. The maximum Gasteiger partial charge on any atom is 0.416 e. The number of piperidine rings is 1. The molecule has 1 saturated heterocycles. The maximum absolute atomic E-state index is 13.0. The molecule has 1 aliphatic heterocycles. The first-order chi connectivity index (χ1) is 19.9. The van der Waals surface area contributed by atoms with E-state index in [1.54, 1.807) is 36.1 Å². The predicted molar refractivity (Wildman–Crippen MR) is 147 cm³/mol. The summed E-state index contributed by atoms with van der Waals surface area (Å²) in [4.78, 5) is 19.0. The molecular formula is C29H30F5N3O4S. The average molecular weight is 612 g/mol. The van der Waals surface area contributed by atoms with Crippen molar-refractivity contribution in [1.29, 1.82) is 0 Å². The number of benzene rings is 2. The van der Waals surface area contributed by atoms with Crippen LogP contribution in [0.1, 0.15) is 42.4 Å². The number of hydrogen-bond acceptors (Lipinski definition) is 6. The smallest absolute Gasteiger partial charge is 0.351 e. The van der Waals surface area contributed by atoms with Crippen LogP contribution in [-0.2, 0) is 32.0 Å². The Morgan fingerprint density at radius 2 is 1.74 bits per heavy atom. The number of alkyl halides is 5. The van der Waals surface area contributed by atoms with Gasteiger partial charge in [0.25, 0.3) is 0 Å². The number of rotatable bonds is 10. The lowest BCUT2D eigenvalue weighted by atomic mass is 9.87. The molecule has 0 spiro atoms. The van der Waals surface area contributed by atoms with Crippen LogP contribution < -0.4 is 10.2 Å². The minimum Gasteiger partial charge on any atom is -0.351 e. The standard InChI is InChI=1S/C29H30F5N3O4S/c1-2-42(39,40)25-12-3-19(4-13-25)15-27(38)36-23-10-14-26(35-16-23)37-17-21(7-11-24(37)18-41-28(30)31)20-5-8-22(9-6-20)29(32,33)34/h3-6,8-10,12-14,16,21,24,28H,2,7,11,15,17-18H2,1H3,(H,36,38)/t21?,24-/m0/s1. The summed E-state index contributed by atoms with van der Waals surface area (Å²) in [5.74, 6) is -0.0856. The molecule has 2 heterocycles. The lowest BCUT2D eigenvalue weighted by Crippen LogP contribution is -2.46. The van der Waals surface area contributed by atoms with Gasteiger partial charge >= 0.3 is 12.8 Å². The van der Waals surface area contributed by atoms with Crippen LogP contribution >= 0.6 is 0 Å². The number of sulfone groups is 1. The lowest BCUT2D eigenvalue weighted by molar-refractivity contribution is -0.137. The number of nitrogens with one attached hydrogen (secondary N) is 1. The molecule has 226 valence electrons. The van der Waals surface area contributed by atoms with Crippen molar-refractivity contribution in [2.45, 2.75) is 55.8 Å². The fourth-order valence-corrected chi connectivity index (χ4v) is 5.77. The second-order valence-corrected chi connectivity index (χ2v) is 12.2. The summed E-state index contributed by atoms with van der Waals surface area (Å²) in [6.45, 7) is -1.32. The molecular weight excluding hydrogens is 581 g/mol. The molecule has 4 rings (SSSR count). The van der Waals surface area contributed by atoms with Gasteiger partial charge in [0.1, 0.15) is 5.82 Å². The third-order valence-electron chi connectivity index (χ3n) is 7.18. The molecule has 7 nitrogen and oxygen atoms in total. The van der Waals surface area contributed by atoms with Gasteiger partial charge in [-0.1, -0.05) is 31.2 Å². The largest absolute Gasteiger partial charge is 0.416 e. The number of carbonyl (C=O) groups excluding carboxylic acids is 1.